The zero-order valence-electron chi connectivity index (χ0n) is 22.9. The lowest BCUT2D eigenvalue weighted by molar-refractivity contribution is 0.0728. The monoisotopic (exact) mass is 709 g/mol. The summed E-state index contributed by atoms with van der Waals surface area (Å²) in [7, 11) is 0. The highest BCUT2D eigenvalue weighted by atomic mass is 79.9. The average molecular weight is 711 g/mol. The maximum atomic E-state index is 12.9. The number of benzene rings is 4. The predicted molar refractivity (Wildman–Crippen MR) is 178 cm³/mol. The van der Waals surface area contributed by atoms with Gasteiger partial charge in [-0.2, -0.15) is 5.10 Å². The van der Waals surface area contributed by atoms with E-state index in [1.165, 1.54) is 17.6 Å². The van der Waals surface area contributed by atoms with E-state index in [4.69, 9.17) is 32.7 Å². The SMILES string of the molecule is CCOc1cc(/C=N\NC(=O)c2ccc(NC(=O)c3sc4cc(Br)ccc4c3Cl)cc2)ccc1OC(=O)c1ccc(Cl)cc1. The summed E-state index contributed by atoms with van der Waals surface area (Å²) in [6, 6.07) is 23.3. The van der Waals surface area contributed by atoms with Gasteiger partial charge in [0.25, 0.3) is 11.8 Å². The number of nitrogens with one attached hydrogen (secondary N) is 2. The third-order valence-electron chi connectivity index (χ3n) is 6.13. The van der Waals surface area contributed by atoms with Crippen LogP contribution in [0.15, 0.2) is 94.5 Å². The number of amides is 2. The van der Waals surface area contributed by atoms with Crippen LogP contribution in [0.1, 0.15) is 42.9 Å². The van der Waals surface area contributed by atoms with Gasteiger partial charge in [0.15, 0.2) is 11.5 Å². The fourth-order valence-electron chi connectivity index (χ4n) is 4.01. The van der Waals surface area contributed by atoms with E-state index in [9.17, 15) is 14.4 Å². The molecule has 1 aromatic heterocycles. The molecule has 0 bridgehead atoms. The molecule has 0 unspecified atom stereocenters. The second kappa shape index (κ2) is 14.0. The van der Waals surface area contributed by atoms with Gasteiger partial charge >= 0.3 is 5.97 Å². The molecule has 8 nitrogen and oxygen atoms in total. The summed E-state index contributed by atoms with van der Waals surface area (Å²) in [6.45, 7) is 2.15. The molecule has 0 aliphatic heterocycles. The molecule has 0 aliphatic rings. The maximum Gasteiger partial charge on any atom is 0.343 e. The summed E-state index contributed by atoms with van der Waals surface area (Å²) in [5, 5.41) is 8.55. The number of carbonyl (C=O) groups is 3. The Balaban J connectivity index is 1.19. The van der Waals surface area contributed by atoms with Crippen molar-refractivity contribution in [3.63, 3.8) is 0 Å². The van der Waals surface area contributed by atoms with Gasteiger partial charge in [0.2, 0.25) is 0 Å². The first kappa shape index (κ1) is 31.2. The van der Waals surface area contributed by atoms with Gasteiger partial charge in [-0.15, -0.1) is 11.3 Å². The third-order valence-corrected chi connectivity index (χ3v) is 8.53. The minimum Gasteiger partial charge on any atom is -0.490 e. The van der Waals surface area contributed by atoms with E-state index in [2.05, 4.69) is 31.8 Å². The Morgan fingerprint density at radius 2 is 1.61 bits per heavy atom. The molecule has 5 rings (SSSR count). The van der Waals surface area contributed by atoms with Crippen LogP contribution >= 0.6 is 50.5 Å². The zero-order valence-corrected chi connectivity index (χ0v) is 26.8. The maximum absolute atomic E-state index is 12.9. The number of halogens is 3. The lowest BCUT2D eigenvalue weighted by Crippen LogP contribution is -2.17. The van der Waals surface area contributed by atoms with Crippen LogP contribution in [0.25, 0.3) is 10.1 Å². The number of nitrogens with zero attached hydrogens (tertiary/aromatic N) is 1. The quantitative estimate of drug-likeness (QED) is 0.0690. The Bertz CT molecular complexity index is 1890. The van der Waals surface area contributed by atoms with E-state index in [0.717, 1.165) is 14.6 Å². The molecule has 1 heterocycles. The summed E-state index contributed by atoms with van der Waals surface area (Å²) in [5.41, 5.74) is 4.26. The number of hydrogen-bond acceptors (Lipinski definition) is 7. The van der Waals surface area contributed by atoms with Crippen molar-refractivity contribution in [2.24, 2.45) is 5.10 Å². The number of thiophene rings is 1. The molecule has 0 saturated carbocycles. The van der Waals surface area contributed by atoms with Crippen molar-refractivity contribution < 1.29 is 23.9 Å². The molecular formula is C32H22BrCl2N3O5S. The van der Waals surface area contributed by atoms with Crippen molar-refractivity contribution in [1.29, 1.82) is 0 Å². The number of ether oxygens (including phenoxy) is 2. The van der Waals surface area contributed by atoms with E-state index in [1.54, 1.807) is 73.7 Å². The molecule has 0 radical (unpaired) electrons. The summed E-state index contributed by atoms with van der Waals surface area (Å²) in [4.78, 5) is 38.4. The number of esters is 1. The molecule has 0 aliphatic carbocycles. The Morgan fingerprint density at radius 1 is 0.886 bits per heavy atom. The number of hydrogen-bond donors (Lipinski definition) is 2. The first-order chi connectivity index (χ1) is 21.2. The van der Waals surface area contributed by atoms with Gasteiger partial charge in [-0.25, -0.2) is 10.2 Å². The van der Waals surface area contributed by atoms with Crippen LogP contribution in [0.5, 0.6) is 11.5 Å². The first-order valence-corrected chi connectivity index (χ1v) is 15.5. The molecule has 0 fully saturated rings. The van der Waals surface area contributed by atoms with Crippen molar-refractivity contribution in [2.45, 2.75) is 6.92 Å². The number of rotatable bonds is 9. The third kappa shape index (κ3) is 7.46. The van der Waals surface area contributed by atoms with E-state index in [0.29, 0.717) is 49.7 Å². The minimum atomic E-state index is -0.556. The Labute approximate surface area is 274 Å². The van der Waals surface area contributed by atoms with E-state index < -0.39 is 11.9 Å². The van der Waals surface area contributed by atoms with Crippen LogP contribution in [0.3, 0.4) is 0 Å². The summed E-state index contributed by atoms with van der Waals surface area (Å²) < 4.78 is 12.9. The predicted octanol–water partition coefficient (Wildman–Crippen LogP) is 8.60. The second-order valence-electron chi connectivity index (χ2n) is 9.15. The Kier molecular flexibility index (Phi) is 9.96. The Morgan fingerprint density at radius 3 is 2.34 bits per heavy atom. The van der Waals surface area contributed by atoms with Crippen LogP contribution in [-0.4, -0.2) is 30.6 Å². The van der Waals surface area contributed by atoms with Crippen LogP contribution in [-0.2, 0) is 0 Å². The van der Waals surface area contributed by atoms with Gasteiger partial charge in [-0.1, -0.05) is 45.2 Å². The molecule has 2 amide bonds. The van der Waals surface area contributed by atoms with Gasteiger partial charge < -0.3 is 14.8 Å². The van der Waals surface area contributed by atoms with Gasteiger partial charge in [0.05, 0.1) is 23.4 Å². The summed E-state index contributed by atoms with van der Waals surface area (Å²) in [5.74, 6) is -0.767. The molecule has 44 heavy (non-hydrogen) atoms. The summed E-state index contributed by atoms with van der Waals surface area (Å²) in [6.07, 6.45) is 1.44. The van der Waals surface area contributed by atoms with Crippen molar-refractivity contribution in [3.8, 4) is 11.5 Å². The largest absolute Gasteiger partial charge is 0.490 e. The zero-order chi connectivity index (χ0) is 31.2. The molecule has 12 heteroatoms. The van der Waals surface area contributed by atoms with E-state index in [-0.39, 0.29) is 11.7 Å². The molecular weight excluding hydrogens is 689 g/mol. The van der Waals surface area contributed by atoms with Crippen molar-refractivity contribution in [2.75, 3.05) is 11.9 Å². The van der Waals surface area contributed by atoms with E-state index in [1.807, 2.05) is 18.2 Å². The standard InChI is InChI=1S/C32H22BrCl2N3O5S/c1-2-42-26-15-18(3-14-25(26)43-32(41)20-4-9-22(34)10-5-20)17-36-38-30(39)19-6-11-23(12-7-19)37-31(40)29-28(35)24-13-8-21(33)16-27(24)44-29/h3-17H,2H2,1H3,(H,37,40)(H,38,39)/b36-17-. The number of carbonyl (C=O) groups excluding carboxylic acids is 3. The Hall–Kier alpha value is -4.22. The highest BCUT2D eigenvalue weighted by molar-refractivity contribution is 9.10. The van der Waals surface area contributed by atoms with Crippen molar-refractivity contribution >= 4 is 90.2 Å². The average Bonchev–Trinajstić information content (AvgIpc) is 3.34. The van der Waals surface area contributed by atoms with Gasteiger partial charge in [-0.3, -0.25) is 9.59 Å². The van der Waals surface area contributed by atoms with Crippen LogP contribution < -0.4 is 20.2 Å². The normalized spacial score (nSPS) is 11.0. The molecule has 0 spiro atoms. The summed E-state index contributed by atoms with van der Waals surface area (Å²) >= 11 is 17.1. The highest BCUT2D eigenvalue weighted by Crippen LogP contribution is 2.37. The molecule has 0 saturated heterocycles. The number of fused-ring (bicyclic) bond motifs is 1. The molecule has 2 N–H and O–H groups in total. The molecule has 0 atom stereocenters. The minimum absolute atomic E-state index is 0.239. The van der Waals surface area contributed by atoms with E-state index >= 15 is 0 Å². The lowest BCUT2D eigenvalue weighted by atomic mass is 10.2. The van der Waals surface area contributed by atoms with Crippen LogP contribution in [0.2, 0.25) is 10.0 Å². The lowest BCUT2D eigenvalue weighted by Gasteiger charge is -2.11. The number of anilines is 1. The molecule has 222 valence electrons. The van der Waals surface area contributed by atoms with Gasteiger partial charge in [0.1, 0.15) is 4.88 Å². The molecule has 4 aromatic carbocycles. The van der Waals surface area contributed by atoms with Crippen LogP contribution in [0.4, 0.5) is 5.69 Å². The smallest absolute Gasteiger partial charge is 0.343 e. The fraction of sp³-hybridized carbons (Fsp3) is 0.0625. The van der Waals surface area contributed by atoms with Gasteiger partial charge in [-0.05, 0) is 91.3 Å². The molecule has 5 aromatic rings. The van der Waals surface area contributed by atoms with Crippen molar-refractivity contribution in [1.82, 2.24) is 5.43 Å². The fourth-order valence-corrected chi connectivity index (χ4v) is 6.10. The van der Waals surface area contributed by atoms with Gasteiger partial charge in [0, 0.05) is 30.8 Å². The number of hydrazone groups is 1. The topological polar surface area (TPSA) is 106 Å². The first-order valence-electron chi connectivity index (χ1n) is 13.1. The van der Waals surface area contributed by atoms with Crippen LogP contribution in [0, 0.1) is 0 Å². The second-order valence-corrected chi connectivity index (χ2v) is 11.9. The van der Waals surface area contributed by atoms with Crippen molar-refractivity contribution in [3.05, 3.63) is 121 Å². The highest BCUT2D eigenvalue weighted by Gasteiger charge is 2.18.